The summed E-state index contributed by atoms with van der Waals surface area (Å²) in [7, 11) is 0. The molecule has 0 aliphatic heterocycles. The van der Waals surface area contributed by atoms with Gasteiger partial charge < -0.3 is 4.79 Å². The molecule has 0 bridgehead atoms. The van der Waals surface area contributed by atoms with Crippen molar-refractivity contribution in [1.29, 1.82) is 0 Å². The fourth-order valence-electron chi connectivity index (χ4n) is 2.40. The summed E-state index contributed by atoms with van der Waals surface area (Å²) in [4.78, 5) is 11.1. The summed E-state index contributed by atoms with van der Waals surface area (Å²) >= 11 is 0. The summed E-state index contributed by atoms with van der Waals surface area (Å²) in [5.41, 5.74) is 0. The Morgan fingerprint density at radius 2 is 1.35 bits per heavy atom. The standard InChI is InChI=1S/C16H32O/c1-4-6-8-10-12-15(3)16(14-17)13-11-9-7-5-2/h14-16H,4-13H2,1-3H3. The van der Waals surface area contributed by atoms with Crippen LogP contribution >= 0.6 is 0 Å². The Kier molecular flexibility index (Phi) is 11.9. The highest BCUT2D eigenvalue weighted by molar-refractivity contribution is 5.53. The Morgan fingerprint density at radius 3 is 1.82 bits per heavy atom. The molecule has 1 nitrogen and oxygen atoms in total. The van der Waals surface area contributed by atoms with E-state index in [-0.39, 0.29) is 0 Å². The summed E-state index contributed by atoms with van der Waals surface area (Å²) in [5.74, 6) is 0.902. The van der Waals surface area contributed by atoms with Crippen LogP contribution in [0.1, 0.15) is 85.0 Å². The minimum atomic E-state index is 0.313. The molecule has 0 radical (unpaired) electrons. The van der Waals surface area contributed by atoms with E-state index in [0.717, 1.165) is 6.42 Å². The number of aldehydes is 1. The van der Waals surface area contributed by atoms with Gasteiger partial charge in [-0.15, -0.1) is 0 Å². The average Bonchev–Trinajstić information content (AvgIpc) is 2.34. The molecule has 0 rings (SSSR count). The van der Waals surface area contributed by atoms with Crippen molar-refractivity contribution in [3.63, 3.8) is 0 Å². The molecule has 0 amide bonds. The van der Waals surface area contributed by atoms with Gasteiger partial charge in [-0.25, -0.2) is 0 Å². The lowest BCUT2D eigenvalue weighted by atomic mass is 9.86. The normalized spacial score (nSPS) is 14.5. The van der Waals surface area contributed by atoms with Crippen LogP contribution in [0, 0.1) is 11.8 Å². The first kappa shape index (κ1) is 16.7. The van der Waals surface area contributed by atoms with E-state index in [1.165, 1.54) is 64.1 Å². The van der Waals surface area contributed by atoms with Crippen molar-refractivity contribution in [1.82, 2.24) is 0 Å². The summed E-state index contributed by atoms with van der Waals surface area (Å²) in [6, 6.07) is 0. The predicted octanol–water partition coefficient (Wildman–Crippen LogP) is 5.38. The van der Waals surface area contributed by atoms with E-state index in [0.29, 0.717) is 11.8 Å². The lowest BCUT2D eigenvalue weighted by Crippen LogP contribution is -2.13. The van der Waals surface area contributed by atoms with E-state index in [9.17, 15) is 4.79 Å². The molecule has 0 N–H and O–H groups in total. The zero-order valence-electron chi connectivity index (χ0n) is 12.2. The lowest BCUT2D eigenvalue weighted by Gasteiger charge is -2.18. The Morgan fingerprint density at radius 1 is 0.824 bits per heavy atom. The first-order chi connectivity index (χ1) is 8.26. The largest absolute Gasteiger partial charge is 0.303 e. The van der Waals surface area contributed by atoms with Gasteiger partial charge in [0.1, 0.15) is 6.29 Å². The summed E-state index contributed by atoms with van der Waals surface area (Å²) < 4.78 is 0. The third-order valence-electron chi connectivity index (χ3n) is 3.81. The summed E-state index contributed by atoms with van der Waals surface area (Å²) in [6.45, 7) is 6.73. The molecule has 0 heterocycles. The van der Waals surface area contributed by atoms with Crippen molar-refractivity contribution in [3.8, 4) is 0 Å². The van der Waals surface area contributed by atoms with Crippen molar-refractivity contribution >= 4 is 6.29 Å². The number of hydrogen-bond acceptors (Lipinski definition) is 1. The monoisotopic (exact) mass is 240 g/mol. The van der Waals surface area contributed by atoms with Gasteiger partial charge in [0.2, 0.25) is 0 Å². The number of carbonyl (C=O) groups excluding carboxylic acids is 1. The van der Waals surface area contributed by atoms with Gasteiger partial charge >= 0.3 is 0 Å². The van der Waals surface area contributed by atoms with Crippen LogP contribution < -0.4 is 0 Å². The van der Waals surface area contributed by atoms with Gasteiger partial charge in [-0.1, -0.05) is 78.6 Å². The number of unbranched alkanes of at least 4 members (excludes halogenated alkanes) is 6. The first-order valence-electron chi connectivity index (χ1n) is 7.71. The Hall–Kier alpha value is -0.330. The molecule has 0 saturated carbocycles. The molecule has 0 aliphatic carbocycles. The van der Waals surface area contributed by atoms with Gasteiger partial charge in [0.25, 0.3) is 0 Å². The van der Waals surface area contributed by atoms with Crippen molar-refractivity contribution in [3.05, 3.63) is 0 Å². The number of hydrogen-bond donors (Lipinski definition) is 0. The van der Waals surface area contributed by atoms with Crippen LogP contribution in [0.5, 0.6) is 0 Å². The van der Waals surface area contributed by atoms with Crippen molar-refractivity contribution in [2.45, 2.75) is 85.0 Å². The molecule has 0 aliphatic rings. The molecule has 0 fully saturated rings. The van der Waals surface area contributed by atoms with Crippen LogP contribution in [0.2, 0.25) is 0 Å². The molecule has 1 heteroatoms. The van der Waals surface area contributed by atoms with Crippen LogP contribution in [-0.2, 0) is 4.79 Å². The van der Waals surface area contributed by atoms with Crippen molar-refractivity contribution < 1.29 is 4.79 Å². The van der Waals surface area contributed by atoms with Gasteiger partial charge in [-0.05, 0) is 12.3 Å². The third-order valence-corrected chi connectivity index (χ3v) is 3.81. The highest BCUT2D eigenvalue weighted by Gasteiger charge is 2.15. The highest BCUT2D eigenvalue weighted by Crippen LogP contribution is 2.22. The predicted molar refractivity (Wildman–Crippen MR) is 76.2 cm³/mol. The minimum Gasteiger partial charge on any atom is -0.303 e. The van der Waals surface area contributed by atoms with Crippen LogP contribution in [0.3, 0.4) is 0 Å². The van der Waals surface area contributed by atoms with Crippen LogP contribution in [0.25, 0.3) is 0 Å². The number of carbonyl (C=O) groups is 1. The fourth-order valence-corrected chi connectivity index (χ4v) is 2.40. The Balaban J connectivity index is 3.63. The summed E-state index contributed by atoms with van der Waals surface area (Å²) in [5, 5.41) is 0. The highest BCUT2D eigenvalue weighted by atomic mass is 16.1. The maximum Gasteiger partial charge on any atom is 0.123 e. The van der Waals surface area contributed by atoms with Crippen molar-refractivity contribution in [2.75, 3.05) is 0 Å². The zero-order valence-corrected chi connectivity index (χ0v) is 12.2. The maximum atomic E-state index is 11.1. The average molecular weight is 240 g/mol. The molecule has 0 spiro atoms. The first-order valence-corrected chi connectivity index (χ1v) is 7.71. The van der Waals surface area contributed by atoms with Gasteiger partial charge in [-0.3, -0.25) is 0 Å². The third kappa shape index (κ3) is 9.38. The SMILES string of the molecule is CCCCCCC(C)C(C=O)CCCCCC. The molecular formula is C16H32O. The molecule has 0 saturated heterocycles. The topological polar surface area (TPSA) is 17.1 Å². The molecule has 2 atom stereocenters. The van der Waals surface area contributed by atoms with Crippen LogP contribution in [-0.4, -0.2) is 6.29 Å². The Bertz CT molecular complexity index is 165. The molecule has 102 valence electrons. The van der Waals surface area contributed by atoms with Crippen LogP contribution in [0.4, 0.5) is 0 Å². The zero-order chi connectivity index (χ0) is 12.9. The maximum absolute atomic E-state index is 11.1. The van der Waals surface area contributed by atoms with E-state index >= 15 is 0 Å². The van der Waals surface area contributed by atoms with Gasteiger partial charge in [-0.2, -0.15) is 0 Å². The smallest absolute Gasteiger partial charge is 0.123 e. The quantitative estimate of drug-likeness (QED) is 0.331. The summed E-state index contributed by atoms with van der Waals surface area (Å²) in [6.07, 6.45) is 13.9. The van der Waals surface area contributed by atoms with E-state index in [1.54, 1.807) is 0 Å². The Labute approximate surface area is 108 Å². The molecule has 0 aromatic carbocycles. The van der Waals surface area contributed by atoms with E-state index in [2.05, 4.69) is 20.8 Å². The molecule has 0 aromatic heterocycles. The van der Waals surface area contributed by atoms with E-state index in [1.807, 2.05) is 0 Å². The second-order valence-corrected chi connectivity index (χ2v) is 5.48. The molecule has 17 heavy (non-hydrogen) atoms. The van der Waals surface area contributed by atoms with Crippen molar-refractivity contribution in [2.24, 2.45) is 11.8 Å². The number of rotatable bonds is 12. The van der Waals surface area contributed by atoms with Gasteiger partial charge in [0.15, 0.2) is 0 Å². The molecule has 0 aromatic rings. The minimum absolute atomic E-state index is 0.313. The van der Waals surface area contributed by atoms with Crippen LogP contribution in [0.15, 0.2) is 0 Å². The van der Waals surface area contributed by atoms with Gasteiger partial charge in [0, 0.05) is 5.92 Å². The van der Waals surface area contributed by atoms with E-state index < -0.39 is 0 Å². The van der Waals surface area contributed by atoms with Gasteiger partial charge in [0.05, 0.1) is 0 Å². The molecular weight excluding hydrogens is 208 g/mol. The van der Waals surface area contributed by atoms with E-state index in [4.69, 9.17) is 0 Å². The fraction of sp³-hybridized carbons (Fsp3) is 0.938. The second-order valence-electron chi connectivity index (χ2n) is 5.48. The second kappa shape index (κ2) is 12.1. The lowest BCUT2D eigenvalue weighted by molar-refractivity contribution is -0.112. The molecule has 2 unspecified atom stereocenters.